The lowest BCUT2D eigenvalue weighted by Gasteiger charge is -2.27. The van der Waals surface area contributed by atoms with E-state index in [1.807, 2.05) is 18.9 Å². The smallest absolute Gasteiger partial charge is 0.104 e. The van der Waals surface area contributed by atoms with Crippen LogP contribution in [-0.2, 0) is 0 Å². The van der Waals surface area contributed by atoms with Gasteiger partial charge in [-0.3, -0.25) is 4.90 Å². The first-order valence-corrected chi connectivity index (χ1v) is 6.81. The highest BCUT2D eigenvalue weighted by Crippen LogP contribution is 2.41. The van der Waals surface area contributed by atoms with Crippen molar-refractivity contribution in [3.63, 3.8) is 0 Å². The average Bonchev–Trinajstić information content (AvgIpc) is 2.55. The molecule has 0 saturated heterocycles. The molecule has 0 amide bonds. The summed E-state index contributed by atoms with van der Waals surface area (Å²) in [4.78, 5) is 2.03. The number of nitrogens with zero attached hydrogens (tertiary/aromatic N) is 1. The highest BCUT2D eigenvalue weighted by Gasteiger charge is 2.33. The molecule has 0 aromatic rings. The third kappa shape index (κ3) is 3.46. The zero-order chi connectivity index (χ0) is 12.3. The minimum Gasteiger partial charge on any atom is -0.379 e. The summed E-state index contributed by atoms with van der Waals surface area (Å²) in [5, 5.41) is 9.42. The molecule has 16 heavy (non-hydrogen) atoms. The molecule has 96 valence electrons. The molecule has 1 fully saturated rings. The zero-order valence-corrected chi connectivity index (χ0v) is 11.6. The number of hydrogen-bond donors (Lipinski definition) is 1. The highest BCUT2D eigenvalue weighted by atomic mass is 16.3. The van der Waals surface area contributed by atoms with E-state index in [1.165, 1.54) is 19.3 Å². The minimum absolute atomic E-state index is 0.313. The standard InChI is InChI=1S/C14H29NO/c1-10-6-7-14(12(10)3)11(2)8-9-15(5)13(4)16/h10-14,16H,6-9H2,1-5H3. The quantitative estimate of drug-likeness (QED) is 0.730. The van der Waals surface area contributed by atoms with Crippen molar-refractivity contribution >= 4 is 0 Å². The van der Waals surface area contributed by atoms with Crippen LogP contribution < -0.4 is 0 Å². The van der Waals surface area contributed by atoms with Crippen molar-refractivity contribution in [2.45, 2.75) is 53.2 Å². The lowest BCUT2D eigenvalue weighted by atomic mass is 9.82. The zero-order valence-electron chi connectivity index (χ0n) is 11.6. The molecule has 1 aliphatic carbocycles. The predicted molar refractivity (Wildman–Crippen MR) is 69.1 cm³/mol. The summed E-state index contributed by atoms with van der Waals surface area (Å²) >= 11 is 0. The normalized spacial score (nSPS) is 34.3. The van der Waals surface area contributed by atoms with Crippen LogP contribution in [0.4, 0.5) is 0 Å². The van der Waals surface area contributed by atoms with Crippen molar-refractivity contribution in [1.82, 2.24) is 4.90 Å². The van der Waals surface area contributed by atoms with Gasteiger partial charge in [-0.2, -0.15) is 0 Å². The number of rotatable bonds is 5. The van der Waals surface area contributed by atoms with Gasteiger partial charge in [0.25, 0.3) is 0 Å². The lowest BCUT2D eigenvalue weighted by Crippen LogP contribution is -2.31. The van der Waals surface area contributed by atoms with Crippen LogP contribution >= 0.6 is 0 Å². The maximum Gasteiger partial charge on any atom is 0.104 e. The molecule has 1 aliphatic rings. The molecular formula is C14H29NO. The first kappa shape index (κ1) is 14.0. The van der Waals surface area contributed by atoms with E-state index in [4.69, 9.17) is 0 Å². The Hall–Kier alpha value is -0.0800. The van der Waals surface area contributed by atoms with Crippen LogP contribution in [0.5, 0.6) is 0 Å². The van der Waals surface area contributed by atoms with E-state index in [-0.39, 0.29) is 6.23 Å². The summed E-state index contributed by atoms with van der Waals surface area (Å²) in [5.41, 5.74) is 0. The summed E-state index contributed by atoms with van der Waals surface area (Å²) in [6, 6.07) is 0. The third-order valence-corrected chi connectivity index (χ3v) is 4.83. The van der Waals surface area contributed by atoms with E-state index < -0.39 is 0 Å². The Balaban J connectivity index is 2.32. The van der Waals surface area contributed by atoms with Crippen LogP contribution in [0, 0.1) is 23.7 Å². The second-order valence-corrected chi connectivity index (χ2v) is 5.96. The largest absolute Gasteiger partial charge is 0.379 e. The number of hydrogen-bond acceptors (Lipinski definition) is 2. The molecule has 0 radical (unpaired) electrons. The molecule has 0 aromatic heterocycles. The van der Waals surface area contributed by atoms with Gasteiger partial charge in [0.1, 0.15) is 6.23 Å². The van der Waals surface area contributed by atoms with Crippen LogP contribution in [0.1, 0.15) is 47.0 Å². The van der Waals surface area contributed by atoms with Crippen molar-refractivity contribution in [3.8, 4) is 0 Å². The van der Waals surface area contributed by atoms with E-state index in [1.54, 1.807) is 0 Å². The fourth-order valence-corrected chi connectivity index (χ4v) is 3.01. The average molecular weight is 227 g/mol. The molecule has 0 aliphatic heterocycles. The summed E-state index contributed by atoms with van der Waals surface area (Å²) in [6.45, 7) is 10.0. The van der Waals surface area contributed by atoms with Crippen molar-refractivity contribution < 1.29 is 5.11 Å². The first-order valence-electron chi connectivity index (χ1n) is 6.81. The fraction of sp³-hybridized carbons (Fsp3) is 1.00. The fourth-order valence-electron chi connectivity index (χ4n) is 3.01. The van der Waals surface area contributed by atoms with Crippen LogP contribution in [0.25, 0.3) is 0 Å². The van der Waals surface area contributed by atoms with E-state index in [2.05, 4.69) is 20.8 Å². The van der Waals surface area contributed by atoms with Gasteiger partial charge in [0, 0.05) is 6.54 Å². The maximum atomic E-state index is 9.42. The summed E-state index contributed by atoms with van der Waals surface area (Å²) in [5.74, 6) is 3.48. The molecule has 1 N–H and O–H groups in total. The Morgan fingerprint density at radius 3 is 2.31 bits per heavy atom. The van der Waals surface area contributed by atoms with Crippen LogP contribution in [0.3, 0.4) is 0 Å². The van der Waals surface area contributed by atoms with Gasteiger partial charge in [-0.15, -0.1) is 0 Å². The Labute approximate surface area is 101 Å². The Kier molecular flexibility index (Phi) is 5.26. The molecule has 0 aromatic carbocycles. The Bertz CT molecular complexity index is 205. The first-order chi connectivity index (χ1) is 7.43. The van der Waals surface area contributed by atoms with Crippen molar-refractivity contribution in [2.24, 2.45) is 23.7 Å². The SMILES string of the molecule is CC1CCC(C(C)CCN(C)C(C)O)C1C. The van der Waals surface area contributed by atoms with Gasteiger partial charge in [0.05, 0.1) is 0 Å². The van der Waals surface area contributed by atoms with E-state index in [9.17, 15) is 5.11 Å². The monoisotopic (exact) mass is 227 g/mol. The number of aliphatic hydroxyl groups is 1. The molecule has 0 heterocycles. The summed E-state index contributed by atoms with van der Waals surface area (Å²) in [6.07, 6.45) is 3.71. The van der Waals surface area contributed by atoms with Gasteiger partial charge in [0.2, 0.25) is 0 Å². The molecule has 0 bridgehead atoms. The van der Waals surface area contributed by atoms with Gasteiger partial charge in [-0.25, -0.2) is 0 Å². The Morgan fingerprint density at radius 1 is 1.25 bits per heavy atom. The van der Waals surface area contributed by atoms with E-state index in [0.29, 0.717) is 0 Å². The summed E-state index contributed by atoms with van der Waals surface area (Å²) in [7, 11) is 2.00. The molecule has 2 nitrogen and oxygen atoms in total. The maximum absolute atomic E-state index is 9.42. The second-order valence-electron chi connectivity index (χ2n) is 5.96. The van der Waals surface area contributed by atoms with E-state index in [0.717, 1.165) is 30.2 Å². The molecular weight excluding hydrogens is 198 g/mol. The van der Waals surface area contributed by atoms with Crippen LogP contribution in [0.15, 0.2) is 0 Å². The van der Waals surface area contributed by atoms with Crippen molar-refractivity contribution in [2.75, 3.05) is 13.6 Å². The van der Waals surface area contributed by atoms with Gasteiger partial charge >= 0.3 is 0 Å². The van der Waals surface area contributed by atoms with E-state index >= 15 is 0 Å². The molecule has 5 atom stereocenters. The second kappa shape index (κ2) is 6.02. The topological polar surface area (TPSA) is 23.5 Å². The molecule has 0 spiro atoms. The van der Waals surface area contributed by atoms with Crippen LogP contribution in [-0.4, -0.2) is 29.8 Å². The van der Waals surface area contributed by atoms with Gasteiger partial charge in [-0.1, -0.05) is 27.2 Å². The third-order valence-electron chi connectivity index (χ3n) is 4.83. The van der Waals surface area contributed by atoms with Crippen molar-refractivity contribution in [1.29, 1.82) is 0 Å². The van der Waals surface area contributed by atoms with Crippen molar-refractivity contribution in [3.05, 3.63) is 0 Å². The van der Waals surface area contributed by atoms with Crippen LogP contribution in [0.2, 0.25) is 0 Å². The van der Waals surface area contributed by atoms with Gasteiger partial charge < -0.3 is 5.11 Å². The van der Waals surface area contributed by atoms with Gasteiger partial charge in [-0.05, 0) is 50.5 Å². The predicted octanol–water partition coefficient (Wildman–Crippen LogP) is 2.96. The molecule has 1 saturated carbocycles. The summed E-state index contributed by atoms with van der Waals surface area (Å²) < 4.78 is 0. The molecule has 2 heteroatoms. The molecule has 1 rings (SSSR count). The Morgan fingerprint density at radius 2 is 1.88 bits per heavy atom. The minimum atomic E-state index is -0.313. The highest BCUT2D eigenvalue weighted by molar-refractivity contribution is 4.83. The number of aliphatic hydroxyl groups excluding tert-OH is 1. The van der Waals surface area contributed by atoms with Gasteiger partial charge in [0.15, 0.2) is 0 Å². The molecule has 5 unspecified atom stereocenters. The lowest BCUT2D eigenvalue weighted by molar-refractivity contribution is 0.0326.